The van der Waals surface area contributed by atoms with Crippen LogP contribution in [0.4, 0.5) is 4.79 Å². The molecule has 37 heavy (non-hydrogen) atoms. The van der Waals surface area contributed by atoms with Crippen LogP contribution in [0, 0.1) is 0 Å². The molecule has 1 saturated heterocycles. The van der Waals surface area contributed by atoms with E-state index in [1.807, 2.05) is 0 Å². The minimum atomic E-state index is -1.21. The fourth-order valence-corrected chi connectivity index (χ4v) is 4.63. The van der Waals surface area contributed by atoms with Crippen molar-refractivity contribution in [2.24, 2.45) is 5.73 Å². The molecule has 1 aromatic carbocycles. The van der Waals surface area contributed by atoms with E-state index in [9.17, 15) is 19.2 Å². The summed E-state index contributed by atoms with van der Waals surface area (Å²) in [4.78, 5) is 58.4. The van der Waals surface area contributed by atoms with Gasteiger partial charge in [-0.1, -0.05) is 12.1 Å². The van der Waals surface area contributed by atoms with E-state index >= 15 is 0 Å². The molecule has 0 bridgehead atoms. The second-order valence-electron chi connectivity index (χ2n) is 9.06. The number of primary amides is 1. The lowest BCUT2D eigenvalue weighted by Gasteiger charge is -2.39. The van der Waals surface area contributed by atoms with E-state index in [1.165, 1.54) is 0 Å². The van der Waals surface area contributed by atoms with Crippen LogP contribution in [0.15, 0.2) is 24.3 Å². The normalized spacial score (nSPS) is 16.6. The Labute approximate surface area is 214 Å². The Morgan fingerprint density at radius 3 is 2.22 bits per heavy atom. The van der Waals surface area contributed by atoms with E-state index in [-0.39, 0.29) is 42.5 Å². The molecular weight excluding hydrogens is 480 g/mol. The first kappa shape index (κ1) is 26.2. The second kappa shape index (κ2) is 11.0. The Morgan fingerprint density at radius 2 is 1.62 bits per heavy atom. The smallest absolute Gasteiger partial charge is 0.409 e. The summed E-state index contributed by atoms with van der Waals surface area (Å²) in [5, 5.41) is 0.520. The number of piperazine rings is 1. The highest BCUT2D eigenvalue weighted by Crippen LogP contribution is 2.42. The molecule has 1 saturated carbocycles. The summed E-state index contributed by atoms with van der Waals surface area (Å²) >= 11 is 0. The highest BCUT2D eigenvalue weighted by Gasteiger charge is 2.49. The number of aromatic nitrogens is 1. The maximum Gasteiger partial charge on any atom is 0.409 e. The van der Waals surface area contributed by atoms with Crippen LogP contribution in [0.3, 0.4) is 0 Å². The molecule has 2 aliphatic rings. The zero-order valence-electron chi connectivity index (χ0n) is 21.2. The molecule has 11 heteroatoms. The van der Waals surface area contributed by atoms with Crippen molar-refractivity contribution in [2.45, 2.75) is 45.1 Å². The largest absolute Gasteiger partial charge is 0.474 e. The van der Waals surface area contributed by atoms with Gasteiger partial charge in [-0.25, -0.2) is 9.59 Å². The third-order valence-corrected chi connectivity index (χ3v) is 6.75. The van der Waals surface area contributed by atoms with Crippen molar-refractivity contribution < 1.29 is 33.4 Å². The first-order chi connectivity index (χ1) is 17.8. The molecular formula is C26H32N4O7. The number of esters is 1. The Morgan fingerprint density at radius 1 is 0.973 bits per heavy atom. The van der Waals surface area contributed by atoms with Gasteiger partial charge < -0.3 is 29.7 Å². The molecule has 2 N–H and O–H groups in total. The minimum Gasteiger partial charge on any atom is -0.474 e. The monoisotopic (exact) mass is 512 g/mol. The number of nitrogens with zero attached hydrogens (tertiary/aromatic N) is 3. The fourth-order valence-electron chi connectivity index (χ4n) is 4.63. The summed E-state index contributed by atoms with van der Waals surface area (Å²) in [6.07, 6.45) is 1.07. The first-order valence-electron chi connectivity index (χ1n) is 12.6. The lowest BCUT2D eigenvalue weighted by molar-refractivity contribution is -0.169. The lowest BCUT2D eigenvalue weighted by Crippen LogP contribution is -2.52. The molecule has 0 unspecified atom stereocenters. The molecule has 0 spiro atoms. The average Bonchev–Trinajstić information content (AvgIpc) is 2.86. The molecule has 0 atom stereocenters. The van der Waals surface area contributed by atoms with Gasteiger partial charge in [0.15, 0.2) is 0 Å². The van der Waals surface area contributed by atoms with Crippen LogP contribution in [-0.4, -0.2) is 83.7 Å². The van der Waals surface area contributed by atoms with Gasteiger partial charge in [-0.3, -0.25) is 14.6 Å². The summed E-state index contributed by atoms with van der Waals surface area (Å²) < 4.78 is 16.6. The highest BCUT2D eigenvalue weighted by molar-refractivity contribution is 6.04. The summed E-state index contributed by atoms with van der Waals surface area (Å²) in [7, 11) is 0. The predicted molar refractivity (Wildman–Crippen MR) is 133 cm³/mol. The number of benzene rings is 1. The summed E-state index contributed by atoms with van der Waals surface area (Å²) in [6, 6.07) is 7.04. The van der Waals surface area contributed by atoms with Crippen molar-refractivity contribution in [2.75, 3.05) is 39.4 Å². The van der Waals surface area contributed by atoms with Crippen LogP contribution in [0.2, 0.25) is 0 Å². The molecule has 198 valence electrons. The topological polar surface area (TPSA) is 141 Å². The van der Waals surface area contributed by atoms with E-state index in [2.05, 4.69) is 4.98 Å². The summed E-state index contributed by atoms with van der Waals surface area (Å²) in [5.74, 6) is -1.42. The van der Waals surface area contributed by atoms with Crippen LogP contribution in [-0.2, 0) is 25.5 Å². The van der Waals surface area contributed by atoms with Gasteiger partial charge in [0.05, 0.1) is 30.8 Å². The molecule has 2 aromatic rings. The van der Waals surface area contributed by atoms with Crippen molar-refractivity contribution in [3.8, 4) is 5.75 Å². The van der Waals surface area contributed by atoms with E-state index in [1.54, 1.807) is 47.9 Å². The van der Waals surface area contributed by atoms with E-state index < -0.39 is 23.6 Å². The summed E-state index contributed by atoms with van der Waals surface area (Å²) in [5.41, 5.74) is 5.25. The number of ether oxygens (including phenoxy) is 3. The number of fused-ring (bicyclic) bond motifs is 1. The van der Waals surface area contributed by atoms with Crippen molar-refractivity contribution in [3.05, 3.63) is 35.5 Å². The van der Waals surface area contributed by atoms with Crippen LogP contribution in [0.5, 0.6) is 5.75 Å². The second-order valence-corrected chi connectivity index (χ2v) is 9.06. The van der Waals surface area contributed by atoms with Crippen LogP contribution in [0.1, 0.15) is 49.2 Å². The quantitative estimate of drug-likeness (QED) is 0.530. The van der Waals surface area contributed by atoms with Gasteiger partial charge in [0.2, 0.25) is 11.5 Å². The van der Waals surface area contributed by atoms with Gasteiger partial charge >= 0.3 is 12.1 Å². The third kappa shape index (κ3) is 5.30. The molecule has 1 aliphatic heterocycles. The lowest BCUT2D eigenvalue weighted by atomic mass is 9.79. The van der Waals surface area contributed by atoms with Gasteiger partial charge in [0.1, 0.15) is 11.3 Å². The minimum absolute atomic E-state index is 0.0206. The van der Waals surface area contributed by atoms with Gasteiger partial charge in [0, 0.05) is 31.6 Å². The molecule has 0 radical (unpaired) electrons. The zero-order chi connectivity index (χ0) is 26.6. The van der Waals surface area contributed by atoms with E-state index in [0.29, 0.717) is 49.9 Å². The molecule has 2 fully saturated rings. The molecule has 11 nitrogen and oxygen atoms in total. The Kier molecular flexibility index (Phi) is 7.80. The molecule has 1 aromatic heterocycles. The fraction of sp³-hybridized carbons (Fsp3) is 0.500. The van der Waals surface area contributed by atoms with Gasteiger partial charge in [-0.05, 0) is 45.2 Å². The van der Waals surface area contributed by atoms with Crippen LogP contribution in [0.25, 0.3) is 10.9 Å². The van der Waals surface area contributed by atoms with E-state index in [0.717, 1.165) is 6.42 Å². The number of pyridine rings is 1. The molecule has 2 heterocycles. The first-order valence-corrected chi connectivity index (χ1v) is 12.6. The van der Waals surface area contributed by atoms with Crippen molar-refractivity contribution in [3.63, 3.8) is 0 Å². The molecule has 3 amide bonds. The number of hydrogen-bond donors (Lipinski definition) is 1. The van der Waals surface area contributed by atoms with Crippen LogP contribution < -0.4 is 10.5 Å². The number of amides is 3. The van der Waals surface area contributed by atoms with Crippen LogP contribution >= 0.6 is 0 Å². The van der Waals surface area contributed by atoms with Gasteiger partial charge in [0.25, 0.3) is 5.91 Å². The maximum atomic E-state index is 13.2. The van der Waals surface area contributed by atoms with Gasteiger partial charge in [-0.2, -0.15) is 0 Å². The molecule has 4 rings (SSSR count). The number of rotatable bonds is 8. The number of carbonyl (C=O) groups is 4. The molecule has 1 aliphatic carbocycles. The summed E-state index contributed by atoms with van der Waals surface area (Å²) in [6.45, 7) is 5.28. The van der Waals surface area contributed by atoms with Crippen molar-refractivity contribution in [1.82, 2.24) is 14.8 Å². The SMILES string of the molecule is CCOC(=O)N1CCN(C(=O)Cc2nc3ccccc3c(OC3(C(=O)OCC)CCC3)c2C(N)=O)CC1. The number of para-hydroxylation sites is 1. The van der Waals surface area contributed by atoms with E-state index in [4.69, 9.17) is 19.9 Å². The Hall–Kier alpha value is -3.89. The predicted octanol–water partition coefficient (Wildman–Crippen LogP) is 2.04. The van der Waals surface area contributed by atoms with Crippen molar-refractivity contribution >= 4 is 34.8 Å². The maximum absolute atomic E-state index is 13.2. The Bertz CT molecular complexity index is 1200. The highest BCUT2D eigenvalue weighted by atomic mass is 16.6. The number of hydrogen-bond acceptors (Lipinski definition) is 8. The number of nitrogens with two attached hydrogens (primary N) is 1. The van der Waals surface area contributed by atoms with Gasteiger partial charge in [-0.15, -0.1) is 0 Å². The van der Waals surface area contributed by atoms with Crippen molar-refractivity contribution in [1.29, 1.82) is 0 Å². The third-order valence-electron chi connectivity index (χ3n) is 6.75. The standard InChI is InChI=1S/C26H32N4O7/c1-3-35-24(33)26(10-7-11-26)37-22-17-8-5-6-9-18(17)28-19(21(22)23(27)32)16-20(31)29-12-14-30(15-13-29)25(34)36-4-2/h5-6,8-9H,3-4,7,10-16H2,1-2H3,(H2,27,32). The average molecular weight is 513 g/mol. The Balaban J connectivity index is 1.64. The number of carbonyl (C=O) groups excluding carboxylic acids is 4. The zero-order valence-corrected chi connectivity index (χ0v) is 21.2.